The van der Waals surface area contributed by atoms with Gasteiger partial charge in [0.15, 0.2) is 5.82 Å². The molecule has 2 aromatic rings. The van der Waals surface area contributed by atoms with Crippen LogP contribution in [0, 0.1) is 0 Å². The average Bonchev–Trinajstić information content (AvgIpc) is 2.91. The fourth-order valence-corrected chi connectivity index (χ4v) is 3.52. The summed E-state index contributed by atoms with van der Waals surface area (Å²) in [6, 6.07) is 2.72. The van der Waals surface area contributed by atoms with Crippen LogP contribution in [-0.2, 0) is 23.0 Å². The molecule has 114 valence electrons. The fraction of sp³-hybridized carbons (Fsp3) is 0.273. The summed E-state index contributed by atoms with van der Waals surface area (Å²) in [7, 11) is -3.78. The lowest BCUT2D eigenvalue weighted by Gasteiger charge is -2.10. The van der Waals surface area contributed by atoms with Crippen LogP contribution in [0.3, 0.4) is 0 Å². The van der Waals surface area contributed by atoms with E-state index in [0.717, 1.165) is 0 Å². The van der Waals surface area contributed by atoms with Crippen LogP contribution in [0.5, 0.6) is 0 Å². The van der Waals surface area contributed by atoms with E-state index in [1.54, 1.807) is 0 Å². The predicted molar refractivity (Wildman–Crippen MR) is 77.5 cm³/mol. The van der Waals surface area contributed by atoms with Gasteiger partial charge < -0.3 is 10.3 Å². The Hall–Kier alpha value is -1.19. The predicted octanol–water partition coefficient (Wildman–Crippen LogP) is 1.36. The summed E-state index contributed by atoms with van der Waals surface area (Å²) in [6.07, 6.45) is 1.47. The van der Waals surface area contributed by atoms with Crippen LogP contribution in [0.1, 0.15) is 11.4 Å². The number of sulfonamides is 1. The molecular formula is C11H12Cl2N4O3S. The van der Waals surface area contributed by atoms with Gasteiger partial charge in [-0.05, 0) is 17.7 Å². The second-order valence-electron chi connectivity index (χ2n) is 4.07. The van der Waals surface area contributed by atoms with Crippen molar-refractivity contribution >= 4 is 33.2 Å². The van der Waals surface area contributed by atoms with Gasteiger partial charge in [-0.3, -0.25) is 0 Å². The Morgan fingerprint density at radius 1 is 1.29 bits per heavy atom. The van der Waals surface area contributed by atoms with Crippen LogP contribution in [0.2, 0.25) is 10.0 Å². The summed E-state index contributed by atoms with van der Waals surface area (Å²) in [5, 5.41) is 3.94. The van der Waals surface area contributed by atoms with Crippen molar-refractivity contribution in [3.8, 4) is 0 Å². The van der Waals surface area contributed by atoms with Crippen LogP contribution in [0.15, 0.2) is 27.9 Å². The van der Waals surface area contributed by atoms with Gasteiger partial charge in [-0.2, -0.15) is 4.98 Å². The largest absolute Gasteiger partial charge is 0.343 e. The average molecular weight is 351 g/mol. The normalized spacial score (nSPS) is 11.8. The molecule has 0 saturated carbocycles. The number of benzene rings is 1. The van der Waals surface area contributed by atoms with Crippen molar-refractivity contribution in [2.75, 3.05) is 6.54 Å². The second-order valence-corrected chi connectivity index (χ2v) is 6.62. The number of aromatic nitrogens is 2. The summed E-state index contributed by atoms with van der Waals surface area (Å²) in [5.41, 5.74) is 6.01. The van der Waals surface area contributed by atoms with Crippen molar-refractivity contribution in [2.24, 2.45) is 5.73 Å². The first kappa shape index (κ1) is 16.2. The molecule has 0 aliphatic carbocycles. The minimum absolute atomic E-state index is 0.0317. The molecule has 2 rings (SSSR count). The minimum Gasteiger partial charge on any atom is -0.343 e. The minimum atomic E-state index is -3.78. The van der Waals surface area contributed by atoms with Crippen LogP contribution in [-0.4, -0.2) is 25.1 Å². The molecule has 0 bridgehead atoms. The Morgan fingerprint density at radius 2 is 2.05 bits per heavy atom. The Balaban J connectivity index is 2.15. The third kappa shape index (κ3) is 3.92. The van der Waals surface area contributed by atoms with Gasteiger partial charge in [0.05, 0.1) is 5.02 Å². The number of rotatable bonds is 6. The topological polar surface area (TPSA) is 111 Å². The van der Waals surface area contributed by atoms with Gasteiger partial charge in [-0.15, -0.1) is 0 Å². The first-order valence-electron chi connectivity index (χ1n) is 5.87. The van der Waals surface area contributed by atoms with E-state index in [1.807, 2.05) is 0 Å². The molecular weight excluding hydrogens is 339 g/mol. The van der Waals surface area contributed by atoms with Gasteiger partial charge >= 0.3 is 0 Å². The van der Waals surface area contributed by atoms with Crippen molar-refractivity contribution < 1.29 is 12.9 Å². The highest BCUT2D eigenvalue weighted by molar-refractivity contribution is 7.89. The molecule has 0 aliphatic heterocycles. The zero-order chi connectivity index (χ0) is 15.5. The molecule has 0 atom stereocenters. The van der Waals surface area contributed by atoms with Gasteiger partial charge in [-0.1, -0.05) is 28.4 Å². The third-order valence-electron chi connectivity index (χ3n) is 2.66. The van der Waals surface area contributed by atoms with E-state index in [4.69, 9.17) is 28.9 Å². The van der Waals surface area contributed by atoms with Crippen LogP contribution < -0.4 is 10.5 Å². The summed E-state index contributed by atoms with van der Waals surface area (Å²) in [6.45, 7) is 0.222. The van der Waals surface area contributed by atoms with Crippen molar-refractivity contribution in [2.45, 2.75) is 17.9 Å². The van der Waals surface area contributed by atoms with Crippen molar-refractivity contribution in [3.63, 3.8) is 0 Å². The first-order valence-corrected chi connectivity index (χ1v) is 8.11. The highest BCUT2D eigenvalue weighted by Crippen LogP contribution is 2.28. The molecule has 10 heteroatoms. The van der Waals surface area contributed by atoms with Gasteiger partial charge in [0.1, 0.15) is 4.90 Å². The lowest BCUT2D eigenvalue weighted by molar-refractivity contribution is 0.410. The highest BCUT2D eigenvalue weighted by atomic mass is 35.5. The molecule has 0 amide bonds. The SMILES string of the molecule is NCc1cc(S(=O)(=O)NCCc2ncon2)c(Cl)cc1Cl. The van der Waals surface area contributed by atoms with Gasteiger partial charge in [0.25, 0.3) is 0 Å². The Labute approximate surface area is 131 Å². The Kier molecular flexibility index (Phi) is 5.17. The smallest absolute Gasteiger partial charge is 0.242 e. The molecule has 1 heterocycles. The summed E-state index contributed by atoms with van der Waals surface area (Å²) >= 11 is 11.9. The Morgan fingerprint density at radius 3 is 2.67 bits per heavy atom. The molecule has 3 N–H and O–H groups in total. The third-order valence-corrected chi connectivity index (χ3v) is 4.94. The molecule has 1 aromatic carbocycles. The standard InChI is InChI=1S/C11H12Cl2N4O3S/c12-8-4-9(13)10(3-7(8)5-14)21(18,19)16-2-1-11-15-6-20-17-11/h3-4,6,16H,1-2,5,14H2. The van der Waals surface area contributed by atoms with E-state index in [0.29, 0.717) is 22.8 Å². The highest BCUT2D eigenvalue weighted by Gasteiger charge is 2.19. The molecule has 1 aromatic heterocycles. The fourth-order valence-electron chi connectivity index (χ4n) is 1.61. The number of nitrogens with zero attached hydrogens (tertiary/aromatic N) is 2. The second kappa shape index (κ2) is 6.71. The van der Waals surface area contributed by atoms with Gasteiger partial charge in [0, 0.05) is 24.5 Å². The summed E-state index contributed by atoms with van der Waals surface area (Å²) in [4.78, 5) is 3.72. The zero-order valence-electron chi connectivity index (χ0n) is 10.7. The molecule has 21 heavy (non-hydrogen) atoms. The maximum atomic E-state index is 12.2. The van der Waals surface area contributed by atoms with E-state index in [9.17, 15) is 8.42 Å². The van der Waals surface area contributed by atoms with Crippen LogP contribution in [0.25, 0.3) is 0 Å². The van der Waals surface area contributed by atoms with E-state index in [2.05, 4.69) is 19.4 Å². The number of nitrogens with two attached hydrogens (primary N) is 1. The summed E-state index contributed by atoms with van der Waals surface area (Å²) < 4.78 is 31.4. The van der Waals surface area contributed by atoms with E-state index in [1.165, 1.54) is 18.5 Å². The first-order chi connectivity index (χ1) is 9.94. The number of nitrogens with one attached hydrogen (secondary N) is 1. The molecule has 0 fully saturated rings. The number of hydrogen-bond donors (Lipinski definition) is 2. The monoisotopic (exact) mass is 350 g/mol. The van der Waals surface area contributed by atoms with E-state index < -0.39 is 10.0 Å². The van der Waals surface area contributed by atoms with E-state index >= 15 is 0 Å². The molecule has 0 unspecified atom stereocenters. The maximum absolute atomic E-state index is 12.2. The molecule has 7 nitrogen and oxygen atoms in total. The molecule has 0 saturated heterocycles. The van der Waals surface area contributed by atoms with E-state index in [-0.39, 0.29) is 23.0 Å². The maximum Gasteiger partial charge on any atom is 0.242 e. The molecule has 0 radical (unpaired) electrons. The van der Waals surface area contributed by atoms with Crippen molar-refractivity contribution in [1.82, 2.24) is 14.9 Å². The lowest BCUT2D eigenvalue weighted by Crippen LogP contribution is -2.26. The van der Waals surface area contributed by atoms with Crippen LogP contribution in [0.4, 0.5) is 0 Å². The molecule has 0 spiro atoms. The Bertz CT molecular complexity index is 719. The quantitative estimate of drug-likeness (QED) is 0.813. The van der Waals surface area contributed by atoms with Crippen molar-refractivity contribution in [1.29, 1.82) is 0 Å². The van der Waals surface area contributed by atoms with Crippen molar-refractivity contribution in [3.05, 3.63) is 40.0 Å². The van der Waals surface area contributed by atoms with Gasteiger partial charge in [-0.25, -0.2) is 13.1 Å². The summed E-state index contributed by atoms with van der Waals surface area (Å²) in [5.74, 6) is 0.405. The van der Waals surface area contributed by atoms with Gasteiger partial charge in [0.2, 0.25) is 16.4 Å². The number of halogens is 2. The number of hydrogen-bond acceptors (Lipinski definition) is 6. The van der Waals surface area contributed by atoms with Crippen LogP contribution >= 0.6 is 23.2 Å². The zero-order valence-corrected chi connectivity index (χ0v) is 13.0. The lowest BCUT2D eigenvalue weighted by atomic mass is 10.2. The molecule has 0 aliphatic rings.